The molecular formula is C33H41N3O4S. The average Bonchev–Trinajstić information content (AvgIpc) is 3.46. The highest BCUT2D eigenvalue weighted by molar-refractivity contribution is 7.92. The van der Waals surface area contributed by atoms with E-state index < -0.39 is 28.5 Å². The fraction of sp³-hybridized carbons (Fsp3) is 0.394. The Hall–Kier alpha value is -3.65. The maximum atomic E-state index is 14.1. The van der Waals surface area contributed by atoms with Crippen LogP contribution in [0.4, 0.5) is 5.69 Å². The van der Waals surface area contributed by atoms with Gasteiger partial charge in [0.05, 0.1) is 10.6 Å². The summed E-state index contributed by atoms with van der Waals surface area (Å²) in [6.45, 7) is 9.11. The highest BCUT2D eigenvalue weighted by Crippen LogP contribution is 2.29. The molecule has 3 aromatic carbocycles. The van der Waals surface area contributed by atoms with E-state index in [1.54, 1.807) is 43.3 Å². The van der Waals surface area contributed by atoms with Crippen LogP contribution < -0.4 is 9.62 Å². The third-order valence-corrected chi connectivity index (χ3v) is 9.85. The summed E-state index contributed by atoms with van der Waals surface area (Å²) in [6.07, 6.45) is 4.01. The minimum absolute atomic E-state index is 0.105. The van der Waals surface area contributed by atoms with Crippen LogP contribution in [0.15, 0.2) is 71.6 Å². The molecule has 0 heterocycles. The maximum absolute atomic E-state index is 14.1. The van der Waals surface area contributed by atoms with Gasteiger partial charge < -0.3 is 10.2 Å². The van der Waals surface area contributed by atoms with Crippen LogP contribution in [0.3, 0.4) is 0 Å². The minimum Gasteiger partial charge on any atom is -0.352 e. The number of carbonyl (C=O) groups is 2. The zero-order valence-corrected chi connectivity index (χ0v) is 25.5. The van der Waals surface area contributed by atoms with Crippen LogP contribution >= 0.6 is 0 Å². The lowest BCUT2D eigenvalue weighted by molar-refractivity contribution is -0.139. The Labute approximate surface area is 244 Å². The van der Waals surface area contributed by atoms with Crippen molar-refractivity contribution in [3.05, 3.63) is 94.5 Å². The summed E-state index contributed by atoms with van der Waals surface area (Å²) in [5.74, 6) is -0.673. The lowest BCUT2D eigenvalue weighted by Crippen LogP contribution is -2.52. The number of nitrogens with one attached hydrogen (secondary N) is 1. The number of amides is 2. The van der Waals surface area contributed by atoms with Gasteiger partial charge in [-0.2, -0.15) is 0 Å². The fourth-order valence-electron chi connectivity index (χ4n) is 5.22. The zero-order valence-electron chi connectivity index (χ0n) is 24.7. The third kappa shape index (κ3) is 7.17. The molecule has 0 saturated heterocycles. The molecule has 0 unspecified atom stereocenters. The summed E-state index contributed by atoms with van der Waals surface area (Å²) in [4.78, 5) is 29.1. The Morgan fingerprint density at radius 1 is 0.878 bits per heavy atom. The lowest BCUT2D eigenvalue weighted by Gasteiger charge is -2.33. The molecule has 1 fully saturated rings. The third-order valence-electron chi connectivity index (χ3n) is 8.07. The first-order valence-corrected chi connectivity index (χ1v) is 15.7. The Kier molecular flexibility index (Phi) is 9.53. The molecule has 1 atom stereocenters. The molecule has 2 amide bonds. The predicted molar refractivity (Wildman–Crippen MR) is 163 cm³/mol. The Bertz CT molecular complexity index is 1480. The van der Waals surface area contributed by atoms with E-state index in [1.807, 2.05) is 58.0 Å². The van der Waals surface area contributed by atoms with Gasteiger partial charge in [0.15, 0.2) is 0 Å². The predicted octanol–water partition coefficient (Wildman–Crippen LogP) is 5.59. The van der Waals surface area contributed by atoms with Crippen LogP contribution in [0, 0.1) is 27.7 Å². The Balaban J connectivity index is 1.71. The van der Waals surface area contributed by atoms with E-state index in [4.69, 9.17) is 0 Å². The molecule has 1 aliphatic carbocycles. The zero-order chi connectivity index (χ0) is 29.7. The van der Waals surface area contributed by atoms with E-state index in [0.29, 0.717) is 5.69 Å². The molecule has 0 bridgehead atoms. The van der Waals surface area contributed by atoms with E-state index in [1.165, 1.54) is 9.21 Å². The number of benzene rings is 3. The number of rotatable bonds is 10. The normalized spacial score (nSPS) is 14.5. The van der Waals surface area contributed by atoms with E-state index >= 15 is 0 Å². The molecule has 218 valence electrons. The number of aryl methyl sites for hydroxylation is 3. The van der Waals surface area contributed by atoms with Gasteiger partial charge in [-0.25, -0.2) is 8.42 Å². The highest BCUT2D eigenvalue weighted by Gasteiger charge is 2.34. The molecule has 1 N–H and O–H groups in total. The van der Waals surface area contributed by atoms with Crippen LogP contribution in [0.25, 0.3) is 0 Å². The molecule has 8 heteroatoms. The van der Waals surface area contributed by atoms with E-state index in [2.05, 4.69) is 5.32 Å². The van der Waals surface area contributed by atoms with Crippen LogP contribution in [-0.4, -0.2) is 43.8 Å². The topological polar surface area (TPSA) is 86.8 Å². The van der Waals surface area contributed by atoms with Crippen molar-refractivity contribution >= 4 is 27.5 Å². The summed E-state index contributed by atoms with van der Waals surface area (Å²) < 4.78 is 29.3. The van der Waals surface area contributed by atoms with Crippen LogP contribution in [0.1, 0.15) is 60.4 Å². The van der Waals surface area contributed by atoms with Crippen molar-refractivity contribution in [1.29, 1.82) is 0 Å². The van der Waals surface area contributed by atoms with Crippen molar-refractivity contribution in [2.45, 2.75) is 83.8 Å². The van der Waals surface area contributed by atoms with Crippen LogP contribution in [-0.2, 0) is 26.2 Å². The quantitative estimate of drug-likeness (QED) is 0.341. The first kappa shape index (κ1) is 30.3. The Morgan fingerprint density at radius 2 is 1.46 bits per heavy atom. The number of anilines is 1. The molecule has 1 saturated carbocycles. The molecular weight excluding hydrogens is 534 g/mol. The molecule has 3 aromatic rings. The van der Waals surface area contributed by atoms with E-state index in [-0.39, 0.29) is 23.4 Å². The molecule has 0 radical (unpaired) electrons. The second-order valence-corrected chi connectivity index (χ2v) is 13.1. The number of hydrogen-bond acceptors (Lipinski definition) is 4. The van der Waals surface area contributed by atoms with Crippen LogP contribution in [0.2, 0.25) is 0 Å². The highest BCUT2D eigenvalue weighted by atomic mass is 32.2. The van der Waals surface area contributed by atoms with E-state index in [9.17, 15) is 18.0 Å². The van der Waals surface area contributed by atoms with Crippen molar-refractivity contribution in [1.82, 2.24) is 10.2 Å². The molecule has 0 aromatic heterocycles. The van der Waals surface area contributed by atoms with Gasteiger partial charge in [0.2, 0.25) is 11.8 Å². The monoisotopic (exact) mass is 575 g/mol. The second kappa shape index (κ2) is 12.9. The first-order chi connectivity index (χ1) is 19.5. The van der Waals surface area contributed by atoms with Gasteiger partial charge in [-0.05, 0) is 82.3 Å². The summed E-state index contributed by atoms with van der Waals surface area (Å²) in [5, 5.41) is 3.11. The molecule has 7 nitrogen and oxygen atoms in total. The minimum atomic E-state index is -4.10. The van der Waals surface area contributed by atoms with Gasteiger partial charge >= 0.3 is 0 Å². The maximum Gasteiger partial charge on any atom is 0.264 e. The average molecular weight is 576 g/mol. The van der Waals surface area contributed by atoms with Crippen molar-refractivity contribution < 1.29 is 18.0 Å². The number of carbonyl (C=O) groups excluding carboxylic acids is 2. The molecule has 41 heavy (non-hydrogen) atoms. The van der Waals surface area contributed by atoms with Gasteiger partial charge in [0.25, 0.3) is 10.0 Å². The lowest BCUT2D eigenvalue weighted by atomic mass is 10.1. The smallest absolute Gasteiger partial charge is 0.264 e. The van der Waals surface area contributed by atoms with Crippen molar-refractivity contribution in [3.8, 4) is 0 Å². The van der Waals surface area contributed by atoms with Crippen molar-refractivity contribution in [2.24, 2.45) is 0 Å². The number of nitrogens with zero attached hydrogens (tertiary/aromatic N) is 2. The summed E-state index contributed by atoms with van der Waals surface area (Å²) in [6, 6.07) is 19.2. The molecule has 0 spiro atoms. The largest absolute Gasteiger partial charge is 0.352 e. The SMILES string of the molecule is Cc1ccc(CN(C(=O)CN(c2cccc(C)c2C)S(=O)(=O)c2ccc(C)cc2)[C@H](C)C(=O)NC2CCCC2)cc1. The van der Waals surface area contributed by atoms with Crippen LogP contribution in [0.5, 0.6) is 0 Å². The number of sulfonamides is 1. The summed E-state index contributed by atoms with van der Waals surface area (Å²) in [5.41, 5.74) is 5.02. The van der Waals surface area contributed by atoms with Gasteiger partial charge in [0, 0.05) is 12.6 Å². The van der Waals surface area contributed by atoms with E-state index in [0.717, 1.165) is 53.5 Å². The van der Waals surface area contributed by atoms with Gasteiger partial charge in [-0.1, -0.05) is 72.5 Å². The van der Waals surface area contributed by atoms with Crippen molar-refractivity contribution in [3.63, 3.8) is 0 Å². The molecule has 0 aliphatic heterocycles. The van der Waals surface area contributed by atoms with Gasteiger partial charge in [0.1, 0.15) is 12.6 Å². The summed E-state index contributed by atoms with van der Waals surface area (Å²) in [7, 11) is -4.10. The molecule has 4 rings (SSSR count). The summed E-state index contributed by atoms with van der Waals surface area (Å²) >= 11 is 0. The second-order valence-electron chi connectivity index (χ2n) is 11.2. The van der Waals surface area contributed by atoms with Crippen molar-refractivity contribution in [2.75, 3.05) is 10.8 Å². The standard InChI is InChI=1S/C33H41N3O4S/c1-23-13-17-28(18-14-23)21-35(27(5)33(38)34-29-10-6-7-11-29)32(37)22-36(31-12-8-9-25(3)26(31)4)41(39,40)30-19-15-24(2)16-20-30/h8-9,12-20,27,29H,6-7,10-11,21-22H2,1-5H3,(H,34,38)/t27-/m1/s1. The molecule has 1 aliphatic rings. The number of hydrogen-bond donors (Lipinski definition) is 1. The fourth-order valence-corrected chi connectivity index (χ4v) is 6.69. The van der Waals surface area contributed by atoms with Gasteiger partial charge in [-0.3, -0.25) is 13.9 Å². The van der Waals surface area contributed by atoms with Gasteiger partial charge in [-0.15, -0.1) is 0 Å². The Morgan fingerprint density at radius 3 is 2.07 bits per heavy atom. The first-order valence-electron chi connectivity index (χ1n) is 14.3.